The molecular formula is C15H26N4. The van der Waals surface area contributed by atoms with Gasteiger partial charge in [-0.2, -0.15) is 0 Å². The number of aliphatic imine (C=N–C) groups is 1. The molecule has 0 saturated heterocycles. The fourth-order valence-electron chi connectivity index (χ4n) is 1.90. The summed E-state index contributed by atoms with van der Waals surface area (Å²) >= 11 is 0. The maximum absolute atomic E-state index is 5.82. The highest BCUT2D eigenvalue weighted by Crippen LogP contribution is 2.04. The second kappa shape index (κ2) is 9.36. The van der Waals surface area contributed by atoms with E-state index in [2.05, 4.69) is 35.2 Å². The Hall–Kier alpha value is -1.58. The number of guanidine groups is 1. The average Bonchev–Trinajstić information content (AvgIpc) is 2.41. The number of nitrogens with two attached hydrogens (primary N) is 1. The van der Waals surface area contributed by atoms with Crippen molar-refractivity contribution in [3.8, 4) is 0 Å². The van der Waals surface area contributed by atoms with E-state index < -0.39 is 0 Å². The highest BCUT2D eigenvalue weighted by molar-refractivity contribution is 5.77. The highest BCUT2D eigenvalue weighted by atomic mass is 15.1. The Morgan fingerprint density at radius 3 is 2.95 bits per heavy atom. The first-order valence-corrected chi connectivity index (χ1v) is 7.17. The summed E-state index contributed by atoms with van der Waals surface area (Å²) < 4.78 is 0. The molecule has 0 aliphatic carbocycles. The van der Waals surface area contributed by atoms with Gasteiger partial charge >= 0.3 is 0 Å². The molecule has 1 rings (SSSR count). The summed E-state index contributed by atoms with van der Waals surface area (Å²) in [6.07, 6.45) is 9.56. The van der Waals surface area contributed by atoms with Crippen molar-refractivity contribution in [1.29, 1.82) is 0 Å². The second-order valence-corrected chi connectivity index (χ2v) is 4.81. The van der Waals surface area contributed by atoms with Crippen LogP contribution in [0.3, 0.4) is 0 Å². The van der Waals surface area contributed by atoms with Gasteiger partial charge in [-0.05, 0) is 37.0 Å². The molecule has 1 heterocycles. The van der Waals surface area contributed by atoms with Crippen molar-refractivity contribution in [3.63, 3.8) is 0 Å². The monoisotopic (exact) mass is 262 g/mol. The Kier molecular flexibility index (Phi) is 7.63. The van der Waals surface area contributed by atoms with Gasteiger partial charge in [-0.1, -0.05) is 26.2 Å². The van der Waals surface area contributed by atoms with Gasteiger partial charge in [0.1, 0.15) is 0 Å². The van der Waals surface area contributed by atoms with E-state index in [4.69, 9.17) is 5.73 Å². The van der Waals surface area contributed by atoms with Crippen LogP contribution in [-0.4, -0.2) is 24.0 Å². The van der Waals surface area contributed by atoms with E-state index in [1.54, 1.807) is 0 Å². The first-order chi connectivity index (χ1) is 9.24. The number of pyridine rings is 1. The smallest absolute Gasteiger partial charge is 0.188 e. The molecule has 4 nitrogen and oxygen atoms in total. The summed E-state index contributed by atoms with van der Waals surface area (Å²) in [4.78, 5) is 8.40. The van der Waals surface area contributed by atoms with Gasteiger partial charge in [-0.25, -0.2) is 0 Å². The zero-order valence-corrected chi connectivity index (χ0v) is 12.2. The number of hydrogen-bond donors (Lipinski definition) is 2. The molecule has 0 radical (unpaired) electrons. The molecule has 0 atom stereocenters. The molecule has 3 N–H and O–H groups in total. The molecule has 0 unspecified atom stereocenters. The third kappa shape index (κ3) is 6.79. The third-order valence-corrected chi connectivity index (χ3v) is 3.13. The van der Waals surface area contributed by atoms with Gasteiger partial charge in [0.2, 0.25) is 0 Å². The van der Waals surface area contributed by atoms with Gasteiger partial charge in [0.05, 0.1) is 0 Å². The van der Waals surface area contributed by atoms with Gasteiger partial charge in [-0.3, -0.25) is 9.98 Å². The van der Waals surface area contributed by atoms with Gasteiger partial charge in [0.25, 0.3) is 0 Å². The molecule has 0 bridgehead atoms. The first-order valence-electron chi connectivity index (χ1n) is 7.17. The van der Waals surface area contributed by atoms with Gasteiger partial charge in [0.15, 0.2) is 5.96 Å². The quantitative estimate of drug-likeness (QED) is 0.429. The maximum Gasteiger partial charge on any atom is 0.188 e. The minimum Gasteiger partial charge on any atom is -0.370 e. The predicted molar refractivity (Wildman–Crippen MR) is 81.3 cm³/mol. The Labute approximate surface area is 116 Å². The van der Waals surface area contributed by atoms with Crippen molar-refractivity contribution in [2.75, 3.05) is 13.1 Å². The molecule has 106 valence electrons. The number of nitrogens with zero attached hydrogens (tertiary/aromatic N) is 2. The minimum atomic E-state index is 0.559. The summed E-state index contributed by atoms with van der Waals surface area (Å²) in [5.74, 6) is 0.559. The van der Waals surface area contributed by atoms with Crippen LogP contribution in [-0.2, 0) is 6.42 Å². The Morgan fingerprint density at radius 2 is 2.21 bits per heavy atom. The predicted octanol–water partition coefficient (Wildman–Crippen LogP) is 2.42. The van der Waals surface area contributed by atoms with Crippen molar-refractivity contribution < 1.29 is 0 Å². The molecule has 0 spiro atoms. The van der Waals surface area contributed by atoms with Crippen molar-refractivity contribution in [1.82, 2.24) is 10.3 Å². The van der Waals surface area contributed by atoms with E-state index in [0.717, 1.165) is 25.9 Å². The molecule has 4 heteroatoms. The van der Waals surface area contributed by atoms with Crippen LogP contribution in [0.2, 0.25) is 0 Å². The zero-order valence-electron chi connectivity index (χ0n) is 12.2. The van der Waals surface area contributed by atoms with Crippen LogP contribution in [0, 0.1) is 6.92 Å². The van der Waals surface area contributed by atoms with E-state index in [9.17, 15) is 0 Å². The molecule has 1 aromatic rings. The van der Waals surface area contributed by atoms with E-state index >= 15 is 0 Å². The molecule has 0 saturated carbocycles. The molecule has 0 aromatic carbocycles. The van der Waals surface area contributed by atoms with Crippen molar-refractivity contribution in [3.05, 3.63) is 29.6 Å². The third-order valence-electron chi connectivity index (χ3n) is 3.13. The Balaban J connectivity index is 2.18. The lowest BCUT2D eigenvalue weighted by atomic mass is 10.1. The second-order valence-electron chi connectivity index (χ2n) is 4.81. The fourth-order valence-corrected chi connectivity index (χ4v) is 1.90. The molecule has 19 heavy (non-hydrogen) atoms. The van der Waals surface area contributed by atoms with Gasteiger partial charge in [0, 0.05) is 25.5 Å². The summed E-state index contributed by atoms with van der Waals surface area (Å²) in [6, 6.07) is 2.05. The number of unbranched alkanes of at least 4 members (excludes halogenated alkanes) is 3. The topological polar surface area (TPSA) is 63.3 Å². The van der Waals surface area contributed by atoms with Crippen LogP contribution in [0.15, 0.2) is 23.5 Å². The van der Waals surface area contributed by atoms with Crippen LogP contribution in [0.5, 0.6) is 0 Å². The van der Waals surface area contributed by atoms with Crippen molar-refractivity contribution >= 4 is 5.96 Å². The number of nitrogens with one attached hydrogen (secondary N) is 1. The standard InChI is InChI=1S/C15H26N4/c1-3-4-5-6-9-18-15(16)19-11-8-14-7-10-17-12-13(14)2/h7,10,12H,3-6,8-9,11H2,1-2H3,(H3,16,18,19). The molecular weight excluding hydrogens is 236 g/mol. The van der Waals surface area contributed by atoms with Crippen LogP contribution in [0.25, 0.3) is 0 Å². The Morgan fingerprint density at radius 1 is 1.37 bits per heavy atom. The minimum absolute atomic E-state index is 0.559. The fraction of sp³-hybridized carbons (Fsp3) is 0.600. The van der Waals surface area contributed by atoms with Gasteiger partial charge < -0.3 is 11.1 Å². The molecule has 1 aromatic heterocycles. The van der Waals surface area contributed by atoms with E-state index in [0.29, 0.717) is 5.96 Å². The summed E-state index contributed by atoms with van der Waals surface area (Å²) in [5.41, 5.74) is 8.34. The lowest BCUT2D eigenvalue weighted by Gasteiger charge is -2.07. The molecule has 0 aliphatic heterocycles. The summed E-state index contributed by atoms with van der Waals surface area (Å²) in [6.45, 7) is 5.93. The average molecular weight is 262 g/mol. The van der Waals surface area contributed by atoms with Crippen LogP contribution in [0.1, 0.15) is 43.7 Å². The lowest BCUT2D eigenvalue weighted by Crippen LogP contribution is -2.33. The lowest BCUT2D eigenvalue weighted by molar-refractivity contribution is 0.673. The highest BCUT2D eigenvalue weighted by Gasteiger charge is 1.98. The first kappa shape index (κ1) is 15.5. The van der Waals surface area contributed by atoms with Crippen LogP contribution < -0.4 is 11.1 Å². The van der Waals surface area contributed by atoms with Crippen LogP contribution >= 0.6 is 0 Å². The number of aromatic nitrogens is 1. The van der Waals surface area contributed by atoms with Crippen molar-refractivity contribution in [2.24, 2.45) is 10.7 Å². The normalized spacial score (nSPS) is 11.6. The number of hydrogen-bond acceptors (Lipinski definition) is 2. The number of aryl methyl sites for hydroxylation is 1. The molecule has 0 fully saturated rings. The number of rotatable bonds is 8. The van der Waals surface area contributed by atoms with Gasteiger partial charge in [-0.15, -0.1) is 0 Å². The zero-order chi connectivity index (χ0) is 13.9. The molecule has 0 amide bonds. The van der Waals surface area contributed by atoms with E-state index in [-0.39, 0.29) is 0 Å². The van der Waals surface area contributed by atoms with E-state index in [1.807, 2.05) is 12.4 Å². The summed E-state index contributed by atoms with van der Waals surface area (Å²) in [5, 5.41) is 3.16. The van der Waals surface area contributed by atoms with E-state index in [1.165, 1.54) is 30.4 Å². The summed E-state index contributed by atoms with van der Waals surface area (Å²) in [7, 11) is 0. The largest absolute Gasteiger partial charge is 0.370 e. The Bertz CT molecular complexity index is 387. The van der Waals surface area contributed by atoms with Crippen LogP contribution in [0.4, 0.5) is 0 Å². The van der Waals surface area contributed by atoms with Crippen molar-refractivity contribution in [2.45, 2.75) is 46.0 Å². The SMILES string of the molecule is CCCCCCN=C(N)NCCc1ccncc1C. The maximum atomic E-state index is 5.82. The molecule has 0 aliphatic rings.